The Bertz CT molecular complexity index is 549. The number of carbonyl (C=O) groups is 1. The Morgan fingerprint density at radius 2 is 1.71 bits per heavy atom. The summed E-state index contributed by atoms with van der Waals surface area (Å²) in [4.78, 5) is 15.0. The molecular formula is C19H29ClN2O2. The Labute approximate surface area is 150 Å². The van der Waals surface area contributed by atoms with Crippen LogP contribution in [0.2, 0.25) is 5.02 Å². The van der Waals surface area contributed by atoms with Gasteiger partial charge in [0.15, 0.2) is 5.60 Å². The molecule has 0 spiro atoms. The van der Waals surface area contributed by atoms with Crippen LogP contribution in [0.15, 0.2) is 24.3 Å². The highest BCUT2D eigenvalue weighted by molar-refractivity contribution is 6.30. The smallest absolute Gasteiger partial charge is 0.263 e. The van der Waals surface area contributed by atoms with Crippen LogP contribution in [0.5, 0.6) is 5.75 Å². The third kappa shape index (κ3) is 5.12. The van der Waals surface area contributed by atoms with Gasteiger partial charge in [0.1, 0.15) is 5.75 Å². The van der Waals surface area contributed by atoms with Gasteiger partial charge in [-0.3, -0.25) is 9.69 Å². The predicted octanol–water partition coefficient (Wildman–Crippen LogP) is 3.88. The third-order valence-electron chi connectivity index (χ3n) is 4.63. The summed E-state index contributed by atoms with van der Waals surface area (Å²) in [6.45, 7) is 10.8. The highest BCUT2D eigenvalue weighted by Crippen LogP contribution is 2.22. The number of amides is 1. The molecule has 0 aromatic heterocycles. The number of piperidine rings is 1. The van der Waals surface area contributed by atoms with Crippen molar-refractivity contribution in [2.45, 2.75) is 58.1 Å². The molecule has 0 radical (unpaired) electrons. The number of nitrogens with one attached hydrogen (secondary N) is 1. The van der Waals surface area contributed by atoms with Crippen LogP contribution in [0, 0.1) is 0 Å². The summed E-state index contributed by atoms with van der Waals surface area (Å²) in [5, 5.41) is 3.71. The minimum Gasteiger partial charge on any atom is -0.478 e. The summed E-state index contributed by atoms with van der Waals surface area (Å²) in [5.41, 5.74) is -0.988. The molecule has 1 aliphatic rings. The van der Waals surface area contributed by atoms with Gasteiger partial charge in [0.2, 0.25) is 0 Å². The van der Waals surface area contributed by atoms with E-state index < -0.39 is 5.60 Å². The summed E-state index contributed by atoms with van der Waals surface area (Å²) in [5.74, 6) is 0.525. The van der Waals surface area contributed by atoms with E-state index in [2.05, 4.69) is 24.1 Å². The molecule has 0 atom stereocenters. The fraction of sp³-hybridized carbons (Fsp3) is 0.632. The zero-order valence-corrected chi connectivity index (χ0v) is 15.9. The summed E-state index contributed by atoms with van der Waals surface area (Å²) in [6.07, 6.45) is 3.78. The third-order valence-corrected chi connectivity index (χ3v) is 4.88. The van der Waals surface area contributed by atoms with E-state index in [9.17, 15) is 4.79 Å². The molecule has 1 fully saturated rings. The molecule has 5 heteroatoms. The molecule has 24 heavy (non-hydrogen) atoms. The van der Waals surface area contributed by atoms with Crippen molar-refractivity contribution in [2.75, 3.05) is 19.6 Å². The molecule has 4 nitrogen and oxygen atoms in total. The van der Waals surface area contributed by atoms with Crippen LogP contribution in [0.3, 0.4) is 0 Å². The molecule has 1 heterocycles. The minimum absolute atomic E-state index is 0.0492. The molecule has 134 valence electrons. The average Bonchev–Trinajstić information content (AvgIpc) is 2.55. The molecule has 1 aromatic carbocycles. The Balaban J connectivity index is 1.90. The van der Waals surface area contributed by atoms with Crippen molar-refractivity contribution in [1.82, 2.24) is 10.2 Å². The number of hydrogen-bond acceptors (Lipinski definition) is 3. The van der Waals surface area contributed by atoms with E-state index in [0.717, 1.165) is 13.1 Å². The first-order chi connectivity index (χ1) is 11.2. The van der Waals surface area contributed by atoms with E-state index in [1.807, 2.05) is 0 Å². The van der Waals surface area contributed by atoms with Crippen LogP contribution < -0.4 is 10.1 Å². The highest BCUT2D eigenvalue weighted by Gasteiger charge is 2.33. The first-order valence-corrected chi connectivity index (χ1v) is 9.06. The second-order valence-corrected chi connectivity index (χ2v) is 8.05. The molecule has 0 saturated carbocycles. The molecule has 1 aliphatic heterocycles. The van der Waals surface area contributed by atoms with E-state index >= 15 is 0 Å². The van der Waals surface area contributed by atoms with Gasteiger partial charge in [-0.2, -0.15) is 0 Å². The molecule has 1 N–H and O–H groups in total. The second kappa shape index (κ2) is 7.75. The van der Waals surface area contributed by atoms with Gasteiger partial charge in [0.05, 0.1) is 0 Å². The van der Waals surface area contributed by atoms with Crippen LogP contribution >= 0.6 is 11.6 Å². The summed E-state index contributed by atoms with van der Waals surface area (Å²) in [6, 6.07) is 7.05. The monoisotopic (exact) mass is 352 g/mol. The van der Waals surface area contributed by atoms with E-state index in [1.54, 1.807) is 38.1 Å². The number of halogens is 1. The van der Waals surface area contributed by atoms with Crippen LogP contribution in [0.25, 0.3) is 0 Å². The second-order valence-electron chi connectivity index (χ2n) is 7.61. The summed E-state index contributed by atoms with van der Waals surface area (Å²) < 4.78 is 5.85. The maximum absolute atomic E-state index is 12.6. The van der Waals surface area contributed by atoms with Crippen molar-refractivity contribution in [3.8, 4) is 5.75 Å². The fourth-order valence-corrected chi connectivity index (χ4v) is 3.09. The number of rotatable bonds is 6. The van der Waals surface area contributed by atoms with Crippen LogP contribution in [0.1, 0.15) is 47.0 Å². The zero-order valence-electron chi connectivity index (χ0n) is 15.2. The molecule has 0 aliphatic carbocycles. The lowest BCUT2D eigenvalue weighted by molar-refractivity contribution is -0.134. The van der Waals surface area contributed by atoms with Gasteiger partial charge in [-0.25, -0.2) is 0 Å². The van der Waals surface area contributed by atoms with Gasteiger partial charge in [-0.15, -0.1) is 0 Å². The maximum atomic E-state index is 12.6. The van der Waals surface area contributed by atoms with Gasteiger partial charge < -0.3 is 10.1 Å². The van der Waals surface area contributed by atoms with Crippen molar-refractivity contribution in [2.24, 2.45) is 0 Å². The van der Waals surface area contributed by atoms with Crippen LogP contribution in [-0.4, -0.2) is 41.6 Å². The van der Waals surface area contributed by atoms with Gasteiger partial charge in [-0.1, -0.05) is 18.0 Å². The van der Waals surface area contributed by atoms with Crippen LogP contribution in [-0.2, 0) is 4.79 Å². The number of hydrogen-bond donors (Lipinski definition) is 1. The number of carbonyl (C=O) groups excluding carboxylic acids is 1. The number of likely N-dealkylation sites (tertiary alicyclic amines) is 1. The van der Waals surface area contributed by atoms with Gasteiger partial charge >= 0.3 is 0 Å². The minimum atomic E-state index is -0.939. The maximum Gasteiger partial charge on any atom is 0.263 e. The Morgan fingerprint density at radius 1 is 1.12 bits per heavy atom. The van der Waals surface area contributed by atoms with Gasteiger partial charge in [0.25, 0.3) is 5.91 Å². The van der Waals surface area contributed by atoms with Crippen molar-refractivity contribution < 1.29 is 9.53 Å². The van der Waals surface area contributed by atoms with Crippen molar-refractivity contribution in [3.05, 3.63) is 29.3 Å². The SMILES string of the molecule is CC(C)(Oc1ccc(Cl)cc1)C(=O)NCC(C)(C)N1CCCCC1. The summed E-state index contributed by atoms with van der Waals surface area (Å²) in [7, 11) is 0. The standard InChI is InChI=1S/C19H29ClN2O2/c1-18(2,22-12-6-5-7-13-22)14-21-17(23)19(3,4)24-16-10-8-15(20)9-11-16/h8-11H,5-7,12-14H2,1-4H3,(H,21,23). The molecular weight excluding hydrogens is 324 g/mol. The predicted molar refractivity (Wildman–Crippen MR) is 98.7 cm³/mol. The van der Waals surface area contributed by atoms with Crippen molar-refractivity contribution >= 4 is 17.5 Å². The van der Waals surface area contributed by atoms with Crippen LogP contribution in [0.4, 0.5) is 0 Å². The van der Waals surface area contributed by atoms with Crippen molar-refractivity contribution in [1.29, 1.82) is 0 Å². The summed E-state index contributed by atoms with van der Waals surface area (Å²) >= 11 is 5.88. The van der Waals surface area contributed by atoms with Gasteiger partial charge in [-0.05, 0) is 77.9 Å². The lowest BCUT2D eigenvalue weighted by Crippen LogP contribution is -2.56. The number of benzene rings is 1. The first kappa shape index (κ1) is 19.1. The topological polar surface area (TPSA) is 41.6 Å². The molecule has 1 aromatic rings. The number of ether oxygens (including phenoxy) is 1. The van der Waals surface area contributed by atoms with Gasteiger partial charge in [0, 0.05) is 17.1 Å². The first-order valence-electron chi connectivity index (χ1n) is 8.69. The Kier molecular flexibility index (Phi) is 6.16. The molecule has 0 bridgehead atoms. The van der Waals surface area contributed by atoms with E-state index in [-0.39, 0.29) is 11.4 Å². The normalized spacial score (nSPS) is 16.7. The molecule has 1 saturated heterocycles. The Hall–Kier alpha value is -1.26. The highest BCUT2D eigenvalue weighted by atomic mass is 35.5. The van der Waals surface area contributed by atoms with E-state index in [1.165, 1.54) is 19.3 Å². The quantitative estimate of drug-likeness (QED) is 0.844. The average molecular weight is 353 g/mol. The molecule has 2 rings (SSSR count). The molecule has 1 amide bonds. The zero-order chi connectivity index (χ0) is 17.8. The lowest BCUT2D eigenvalue weighted by atomic mass is 9.98. The number of nitrogens with zero attached hydrogens (tertiary/aromatic N) is 1. The largest absolute Gasteiger partial charge is 0.478 e. The lowest BCUT2D eigenvalue weighted by Gasteiger charge is -2.41. The van der Waals surface area contributed by atoms with E-state index in [4.69, 9.17) is 16.3 Å². The van der Waals surface area contributed by atoms with Crippen molar-refractivity contribution in [3.63, 3.8) is 0 Å². The Morgan fingerprint density at radius 3 is 2.29 bits per heavy atom. The fourth-order valence-electron chi connectivity index (χ4n) is 2.96. The molecule has 0 unspecified atom stereocenters. The van der Waals surface area contributed by atoms with E-state index in [0.29, 0.717) is 17.3 Å².